The average Bonchev–Trinajstić information content (AvgIpc) is 2.63. The molecule has 0 unspecified atom stereocenters. The summed E-state index contributed by atoms with van der Waals surface area (Å²) < 4.78 is 0. The zero-order valence-corrected chi connectivity index (χ0v) is 9.11. The average molecular weight is 228 g/mol. The van der Waals surface area contributed by atoms with E-state index >= 15 is 0 Å². The molecule has 2 heterocycles. The third-order valence-corrected chi connectivity index (χ3v) is 3.46. The van der Waals surface area contributed by atoms with Gasteiger partial charge in [-0.05, 0) is 6.26 Å². The first-order valence-electron chi connectivity index (χ1n) is 3.97. The van der Waals surface area contributed by atoms with Crippen LogP contribution in [0.1, 0.15) is 21.7 Å². The molecule has 0 fully saturated rings. The molecule has 1 aromatic heterocycles. The Morgan fingerprint density at radius 1 is 1.50 bits per heavy atom. The van der Waals surface area contributed by atoms with Crippen molar-refractivity contribution in [3.05, 3.63) is 17.0 Å². The van der Waals surface area contributed by atoms with Gasteiger partial charge in [-0.1, -0.05) is 11.8 Å². The fourth-order valence-electron chi connectivity index (χ4n) is 1.30. The molecule has 0 spiro atoms. The van der Waals surface area contributed by atoms with E-state index in [0.29, 0.717) is 10.9 Å². The maximum atomic E-state index is 10.9. The molecular formula is C8H8N2O2S2. The minimum atomic E-state index is -0.957. The lowest BCUT2D eigenvalue weighted by atomic mass is 10.2. The van der Waals surface area contributed by atoms with Crippen LogP contribution in [0.15, 0.2) is 5.16 Å². The molecule has 0 bridgehead atoms. The Morgan fingerprint density at radius 3 is 2.93 bits per heavy atom. The molecule has 0 atom stereocenters. The van der Waals surface area contributed by atoms with Gasteiger partial charge in [0.15, 0.2) is 10.9 Å². The van der Waals surface area contributed by atoms with Crippen LogP contribution < -0.4 is 0 Å². The summed E-state index contributed by atoms with van der Waals surface area (Å²) in [5, 5.41) is 9.51. The fourth-order valence-corrected chi connectivity index (χ4v) is 2.72. The Kier molecular flexibility index (Phi) is 2.64. The number of nitrogens with zero attached hydrogens (tertiary/aromatic N) is 2. The van der Waals surface area contributed by atoms with Gasteiger partial charge >= 0.3 is 5.97 Å². The predicted octanol–water partition coefficient (Wildman–Crippen LogP) is 1.64. The van der Waals surface area contributed by atoms with Crippen LogP contribution >= 0.6 is 23.5 Å². The number of carboxylic acid groups (broad SMARTS) is 1. The van der Waals surface area contributed by atoms with Gasteiger partial charge in [0.05, 0.1) is 5.69 Å². The number of carbonyl (C=O) groups is 1. The second-order valence-corrected chi connectivity index (χ2v) is 4.54. The standard InChI is InChI=1S/C8H8N2O2S2/c1-13-8-9-5-3-14-2-4(5)6(10-8)7(11)12/h2-3H2,1H3,(H,11,12). The van der Waals surface area contributed by atoms with Gasteiger partial charge < -0.3 is 5.11 Å². The van der Waals surface area contributed by atoms with Gasteiger partial charge in [0.25, 0.3) is 0 Å². The molecule has 14 heavy (non-hydrogen) atoms. The summed E-state index contributed by atoms with van der Waals surface area (Å²) in [7, 11) is 0. The predicted molar refractivity (Wildman–Crippen MR) is 55.8 cm³/mol. The van der Waals surface area contributed by atoms with E-state index in [1.165, 1.54) is 11.8 Å². The molecule has 1 aromatic rings. The number of aromatic carboxylic acids is 1. The van der Waals surface area contributed by atoms with Crippen LogP contribution in [0.2, 0.25) is 0 Å². The smallest absolute Gasteiger partial charge is 0.354 e. The number of hydrogen-bond acceptors (Lipinski definition) is 5. The van der Waals surface area contributed by atoms with Gasteiger partial charge in [-0.15, -0.1) is 0 Å². The molecule has 1 aliphatic rings. The molecule has 74 valence electrons. The van der Waals surface area contributed by atoms with Gasteiger partial charge in [0, 0.05) is 17.1 Å². The molecular weight excluding hydrogens is 220 g/mol. The Morgan fingerprint density at radius 2 is 2.29 bits per heavy atom. The van der Waals surface area contributed by atoms with E-state index in [1.54, 1.807) is 11.8 Å². The van der Waals surface area contributed by atoms with E-state index in [9.17, 15) is 4.79 Å². The van der Waals surface area contributed by atoms with Gasteiger partial charge in [-0.25, -0.2) is 14.8 Å². The molecule has 6 heteroatoms. The highest BCUT2D eigenvalue weighted by Crippen LogP contribution is 2.31. The van der Waals surface area contributed by atoms with Crippen molar-refractivity contribution in [3.63, 3.8) is 0 Å². The van der Waals surface area contributed by atoms with E-state index in [0.717, 1.165) is 17.0 Å². The lowest BCUT2D eigenvalue weighted by Crippen LogP contribution is -2.08. The van der Waals surface area contributed by atoms with Crippen molar-refractivity contribution in [1.82, 2.24) is 9.97 Å². The molecule has 0 aromatic carbocycles. The van der Waals surface area contributed by atoms with Crippen LogP contribution in [0.3, 0.4) is 0 Å². The van der Waals surface area contributed by atoms with Crippen LogP contribution in [0.25, 0.3) is 0 Å². The van der Waals surface area contributed by atoms with E-state index in [1.807, 2.05) is 6.26 Å². The number of fused-ring (bicyclic) bond motifs is 1. The van der Waals surface area contributed by atoms with Crippen molar-refractivity contribution < 1.29 is 9.90 Å². The van der Waals surface area contributed by atoms with Gasteiger partial charge in [-0.2, -0.15) is 11.8 Å². The first kappa shape index (κ1) is 9.79. The van der Waals surface area contributed by atoms with Crippen molar-refractivity contribution in [2.45, 2.75) is 16.7 Å². The molecule has 2 rings (SSSR count). The lowest BCUT2D eigenvalue weighted by Gasteiger charge is -2.03. The summed E-state index contributed by atoms with van der Waals surface area (Å²) in [6.07, 6.45) is 1.84. The normalized spacial score (nSPS) is 14.1. The summed E-state index contributed by atoms with van der Waals surface area (Å²) >= 11 is 3.05. The molecule has 1 N–H and O–H groups in total. The van der Waals surface area contributed by atoms with Crippen LogP contribution in [0.5, 0.6) is 0 Å². The number of rotatable bonds is 2. The molecule has 4 nitrogen and oxygen atoms in total. The summed E-state index contributed by atoms with van der Waals surface area (Å²) in [6, 6.07) is 0. The Hall–Kier alpha value is -0.750. The molecule has 0 saturated heterocycles. The molecule has 0 radical (unpaired) electrons. The molecule has 0 saturated carbocycles. The second-order valence-electron chi connectivity index (χ2n) is 2.78. The Labute approximate surface area is 89.5 Å². The number of carboxylic acids is 1. The topological polar surface area (TPSA) is 63.1 Å². The van der Waals surface area contributed by atoms with E-state index in [-0.39, 0.29) is 5.69 Å². The van der Waals surface area contributed by atoms with E-state index < -0.39 is 5.97 Å². The van der Waals surface area contributed by atoms with Crippen molar-refractivity contribution in [2.24, 2.45) is 0 Å². The highest BCUT2D eigenvalue weighted by molar-refractivity contribution is 7.98. The Balaban J connectivity index is 2.57. The van der Waals surface area contributed by atoms with Crippen molar-refractivity contribution in [1.29, 1.82) is 0 Å². The summed E-state index contributed by atoms with van der Waals surface area (Å²) in [5.41, 5.74) is 1.84. The maximum absolute atomic E-state index is 10.9. The minimum absolute atomic E-state index is 0.171. The Bertz CT molecular complexity index is 395. The molecule has 0 aliphatic carbocycles. The molecule has 1 aliphatic heterocycles. The zero-order chi connectivity index (χ0) is 10.1. The van der Waals surface area contributed by atoms with E-state index in [2.05, 4.69) is 9.97 Å². The first-order chi connectivity index (χ1) is 6.72. The highest BCUT2D eigenvalue weighted by atomic mass is 32.2. The van der Waals surface area contributed by atoms with E-state index in [4.69, 9.17) is 5.11 Å². The highest BCUT2D eigenvalue weighted by Gasteiger charge is 2.23. The maximum Gasteiger partial charge on any atom is 0.354 e. The van der Waals surface area contributed by atoms with Crippen LogP contribution in [-0.4, -0.2) is 27.3 Å². The monoisotopic (exact) mass is 228 g/mol. The number of thioether (sulfide) groups is 2. The van der Waals surface area contributed by atoms with Gasteiger partial charge in [-0.3, -0.25) is 0 Å². The lowest BCUT2D eigenvalue weighted by molar-refractivity contribution is 0.0688. The third-order valence-electron chi connectivity index (χ3n) is 1.94. The third kappa shape index (κ3) is 1.59. The number of hydrogen-bond donors (Lipinski definition) is 1. The largest absolute Gasteiger partial charge is 0.476 e. The van der Waals surface area contributed by atoms with Crippen molar-refractivity contribution in [2.75, 3.05) is 6.26 Å². The first-order valence-corrected chi connectivity index (χ1v) is 6.35. The SMILES string of the molecule is CSc1nc2c(c(C(=O)O)n1)CSC2. The summed E-state index contributed by atoms with van der Waals surface area (Å²) in [6.45, 7) is 0. The van der Waals surface area contributed by atoms with Crippen molar-refractivity contribution in [3.8, 4) is 0 Å². The fraction of sp³-hybridized carbons (Fsp3) is 0.375. The minimum Gasteiger partial charge on any atom is -0.476 e. The zero-order valence-electron chi connectivity index (χ0n) is 7.48. The van der Waals surface area contributed by atoms with Gasteiger partial charge in [0.2, 0.25) is 0 Å². The summed E-state index contributed by atoms with van der Waals surface area (Å²) in [4.78, 5) is 19.2. The van der Waals surface area contributed by atoms with Crippen molar-refractivity contribution >= 4 is 29.5 Å². The van der Waals surface area contributed by atoms with Crippen LogP contribution in [0, 0.1) is 0 Å². The molecule has 0 amide bonds. The quantitative estimate of drug-likeness (QED) is 0.613. The number of aromatic nitrogens is 2. The van der Waals surface area contributed by atoms with Crippen LogP contribution in [0.4, 0.5) is 0 Å². The van der Waals surface area contributed by atoms with Crippen LogP contribution in [-0.2, 0) is 11.5 Å². The summed E-state index contributed by atoms with van der Waals surface area (Å²) in [5.74, 6) is 0.554. The van der Waals surface area contributed by atoms with Gasteiger partial charge in [0.1, 0.15) is 0 Å². The second kappa shape index (κ2) is 3.78.